The molecule has 1 aliphatic rings. The first-order valence-electron chi connectivity index (χ1n) is 10.9. The number of nitrogens with one attached hydrogen (secondary N) is 1. The van der Waals surface area contributed by atoms with Crippen molar-refractivity contribution < 1.29 is 9.53 Å². The molecule has 3 rings (SSSR count). The van der Waals surface area contributed by atoms with E-state index in [1.54, 1.807) is 0 Å². The van der Waals surface area contributed by atoms with Crippen molar-refractivity contribution in [2.75, 3.05) is 19.6 Å². The molecule has 1 heterocycles. The second-order valence-corrected chi connectivity index (χ2v) is 7.76. The van der Waals surface area contributed by atoms with Crippen LogP contribution in [0.4, 0.5) is 0 Å². The van der Waals surface area contributed by atoms with Crippen LogP contribution in [0.1, 0.15) is 52.4 Å². The summed E-state index contributed by atoms with van der Waals surface area (Å²) in [5, 5.41) is 5.38. The summed E-state index contributed by atoms with van der Waals surface area (Å²) in [6, 6.07) is 14.9. The smallest absolute Gasteiger partial charge is 0.261 e. The van der Waals surface area contributed by atoms with Crippen LogP contribution in [0.15, 0.2) is 42.5 Å². The molecule has 152 valence electrons. The molecule has 1 amide bonds. The molecule has 0 aliphatic carbocycles. The van der Waals surface area contributed by atoms with Crippen LogP contribution >= 0.6 is 0 Å². The highest BCUT2D eigenvalue weighted by Gasteiger charge is 2.21. The van der Waals surface area contributed by atoms with Gasteiger partial charge in [-0.15, -0.1) is 0 Å². The summed E-state index contributed by atoms with van der Waals surface area (Å²) in [7, 11) is 0. The lowest BCUT2D eigenvalue weighted by Gasteiger charge is -2.35. The van der Waals surface area contributed by atoms with Crippen molar-refractivity contribution in [3.8, 4) is 5.75 Å². The number of fused-ring (bicyclic) bond motifs is 1. The van der Waals surface area contributed by atoms with Gasteiger partial charge < -0.3 is 15.0 Å². The number of likely N-dealkylation sites (tertiary alicyclic amines) is 1. The largest absolute Gasteiger partial charge is 0.481 e. The van der Waals surface area contributed by atoms with Gasteiger partial charge in [-0.2, -0.15) is 0 Å². The maximum absolute atomic E-state index is 12.6. The van der Waals surface area contributed by atoms with Gasteiger partial charge >= 0.3 is 0 Å². The first-order valence-corrected chi connectivity index (χ1v) is 10.9. The lowest BCUT2D eigenvalue weighted by atomic mass is 10.00. The monoisotopic (exact) mass is 382 g/mol. The van der Waals surface area contributed by atoms with E-state index < -0.39 is 6.10 Å². The molecule has 2 unspecified atom stereocenters. The predicted molar refractivity (Wildman–Crippen MR) is 116 cm³/mol. The summed E-state index contributed by atoms with van der Waals surface area (Å²) in [6.45, 7) is 7.26. The Morgan fingerprint density at radius 3 is 2.79 bits per heavy atom. The minimum atomic E-state index is -0.445. The minimum absolute atomic E-state index is 0.0126. The van der Waals surface area contributed by atoms with E-state index in [2.05, 4.69) is 29.3 Å². The summed E-state index contributed by atoms with van der Waals surface area (Å²) < 4.78 is 5.99. The quantitative estimate of drug-likeness (QED) is 0.635. The summed E-state index contributed by atoms with van der Waals surface area (Å²) in [6.07, 6.45) is 6.41. The highest BCUT2D eigenvalue weighted by atomic mass is 16.5. The van der Waals surface area contributed by atoms with E-state index in [-0.39, 0.29) is 5.91 Å². The Hall–Kier alpha value is -2.07. The van der Waals surface area contributed by atoms with E-state index in [0.29, 0.717) is 13.0 Å². The van der Waals surface area contributed by atoms with Crippen molar-refractivity contribution in [2.24, 2.45) is 0 Å². The van der Waals surface area contributed by atoms with E-state index in [1.165, 1.54) is 37.6 Å². The molecule has 1 N–H and O–H groups in total. The third-order valence-electron chi connectivity index (χ3n) is 5.80. The Morgan fingerprint density at radius 2 is 2.00 bits per heavy atom. The predicted octanol–water partition coefficient (Wildman–Crippen LogP) is 4.77. The molecule has 4 heteroatoms. The molecule has 0 aromatic heterocycles. The highest BCUT2D eigenvalue weighted by Crippen LogP contribution is 2.22. The maximum Gasteiger partial charge on any atom is 0.261 e. The van der Waals surface area contributed by atoms with Gasteiger partial charge in [0.25, 0.3) is 5.91 Å². The van der Waals surface area contributed by atoms with Crippen LogP contribution in [-0.4, -0.2) is 42.6 Å². The van der Waals surface area contributed by atoms with E-state index >= 15 is 0 Å². The van der Waals surface area contributed by atoms with Crippen LogP contribution in [0.25, 0.3) is 10.8 Å². The van der Waals surface area contributed by atoms with Gasteiger partial charge in [0.2, 0.25) is 0 Å². The van der Waals surface area contributed by atoms with Crippen LogP contribution in [0.3, 0.4) is 0 Å². The first kappa shape index (κ1) is 20.7. The van der Waals surface area contributed by atoms with Gasteiger partial charge in [-0.25, -0.2) is 0 Å². The zero-order valence-corrected chi connectivity index (χ0v) is 17.3. The zero-order chi connectivity index (χ0) is 19.8. The summed E-state index contributed by atoms with van der Waals surface area (Å²) in [5.41, 5.74) is 0. The Labute approximate surface area is 169 Å². The molecule has 0 saturated carbocycles. The molecule has 1 aliphatic heterocycles. The average Bonchev–Trinajstić information content (AvgIpc) is 2.75. The molecule has 28 heavy (non-hydrogen) atoms. The normalized spacial score (nSPS) is 18.7. The molecule has 2 atom stereocenters. The molecule has 0 bridgehead atoms. The fourth-order valence-electron chi connectivity index (χ4n) is 4.15. The molecule has 1 fully saturated rings. The fourth-order valence-corrected chi connectivity index (χ4v) is 4.15. The standard InChI is InChI=1S/C24H34N2O2/c1-3-21-12-7-8-16-26(21)17-9-15-25-24(27)23(4-2)28-22-14-13-19-10-5-6-11-20(19)18-22/h5-6,10-11,13-14,18,21,23H,3-4,7-9,12,15-17H2,1-2H3,(H,25,27). The van der Waals surface area contributed by atoms with Crippen molar-refractivity contribution in [1.29, 1.82) is 0 Å². The van der Waals surface area contributed by atoms with Crippen molar-refractivity contribution in [1.82, 2.24) is 10.2 Å². The van der Waals surface area contributed by atoms with Crippen molar-refractivity contribution >= 4 is 16.7 Å². The molecule has 0 radical (unpaired) electrons. The molecular formula is C24H34N2O2. The van der Waals surface area contributed by atoms with Gasteiger partial charge in [-0.1, -0.05) is 50.6 Å². The van der Waals surface area contributed by atoms with Crippen molar-refractivity contribution in [3.63, 3.8) is 0 Å². The number of hydrogen-bond acceptors (Lipinski definition) is 3. The third kappa shape index (κ3) is 5.48. The molecule has 0 spiro atoms. The number of carbonyl (C=O) groups is 1. The van der Waals surface area contributed by atoms with E-state index in [1.807, 2.05) is 37.3 Å². The molecule has 1 saturated heterocycles. The van der Waals surface area contributed by atoms with Gasteiger partial charge in [0, 0.05) is 19.1 Å². The number of ether oxygens (including phenoxy) is 1. The van der Waals surface area contributed by atoms with Gasteiger partial charge in [0.05, 0.1) is 0 Å². The minimum Gasteiger partial charge on any atom is -0.481 e. The topological polar surface area (TPSA) is 41.6 Å². The SMILES string of the molecule is CCC(Oc1ccc2ccccc2c1)C(=O)NCCCN1CCCCC1CC. The summed E-state index contributed by atoms with van der Waals surface area (Å²) >= 11 is 0. The third-order valence-corrected chi connectivity index (χ3v) is 5.80. The number of rotatable bonds is 9. The van der Waals surface area contributed by atoms with Crippen LogP contribution in [-0.2, 0) is 4.79 Å². The Morgan fingerprint density at radius 1 is 1.18 bits per heavy atom. The molecular weight excluding hydrogens is 348 g/mol. The van der Waals surface area contributed by atoms with Gasteiger partial charge in [-0.05, 0) is 61.6 Å². The van der Waals surface area contributed by atoms with Crippen molar-refractivity contribution in [3.05, 3.63) is 42.5 Å². The Kier molecular flexibility index (Phi) is 7.72. The number of benzene rings is 2. The molecule has 2 aromatic carbocycles. The maximum atomic E-state index is 12.6. The number of piperidine rings is 1. The Balaban J connectivity index is 1.46. The fraction of sp³-hybridized carbons (Fsp3) is 0.542. The van der Waals surface area contributed by atoms with Crippen LogP contribution < -0.4 is 10.1 Å². The first-order chi connectivity index (χ1) is 13.7. The highest BCUT2D eigenvalue weighted by molar-refractivity contribution is 5.84. The van der Waals surface area contributed by atoms with E-state index in [4.69, 9.17) is 4.74 Å². The van der Waals surface area contributed by atoms with Crippen LogP contribution in [0, 0.1) is 0 Å². The molecule has 2 aromatic rings. The number of hydrogen-bond donors (Lipinski definition) is 1. The van der Waals surface area contributed by atoms with Gasteiger partial charge in [0.1, 0.15) is 5.75 Å². The Bertz CT molecular complexity index is 761. The lowest BCUT2D eigenvalue weighted by molar-refractivity contribution is -0.128. The van der Waals surface area contributed by atoms with Crippen LogP contribution in [0.2, 0.25) is 0 Å². The van der Waals surface area contributed by atoms with Crippen LogP contribution in [0.5, 0.6) is 5.75 Å². The lowest BCUT2D eigenvalue weighted by Crippen LogP contribution is -2.42. The molecule has 4 nitrogen and oxygen atoms in total. The van der Waals surface area contributed by atoms with E-state index in [0.717, 1.165) is 30.1 Å². The summed E-state index contributed by atoms with van der Waals surface area (Å²) in [5.74, 6) is 0.737. The average molecular weight is 383 g/mol. The second kappa shape index (κ2) is 10.5. The summed E-state index contributed by atoms with van der Waals surface area (Å²) in [4.78, 5) is 15.2. The zero-order valence-electron chi connectivity index (χ0n) is 17.3. The number of carbonyl (C=O) groups excluding carboxylic acids is 1. The number of amides is 1. The second-order valence-electron chi connectivity index (χ2n) is 7.76. The van der Waals surface area contributed by atoms with E-state index in [9.17, 15) is 4.79 Å². The number of nitrogens with zero attached hydrogens (tertiary/aromatic N) is 1. The van der Waals surface area contributed by atoms with Gasteiger partial charge in [-0.3, -0.25) is 4.79 Å². The van der Waals surface area contributed by atoms with Crippen molar-refractivity contribution in [2.45, 2.75) is 64.5 Å². The van der Waals surface area contributed by atoms with Gasteiger partial charge in [0.15, 0.2) is 6.10 Å².